The Morgan fingerprint density at radius 2 is 2.21 bits per heavy atom. The van der Waals surface area contributed by atoms with Gasteiger partial charge in [-0.25, -0.2) is 9.97 Å². The van der Waals surface area contributed by atoms with Gasteiger partial charge in [0.05, 0.1) is 5.69 Å². The summed E-state index contributed by atoms with van der Waals surface area (Å²) in [6.45, 7) is 4.94. The summed E-state index contributed by atoms with van der Waals surface area (Å²) in [5.41, 5.74) is 2.06. The predicted octanol–water partition coefficient (Wildman–Crippen LogP) is 1.56. The Morgan fingerprint density at radius 3 is 3.00 bits per heavy atom. The molecule has 5 nitrogen and oxygen atoms in total. The van der Waals surface area contributed by atoms with Gasteiger partial charge in [-0.1, -0.05) is 0 Å². The fraction of sp³-hybridized carbons (Fsp3) is 0.429. The fourth-order valence-electron chi connectivity index (χ4n) is 2.49. The first-order valence-electron chi connectivity index (χ1n) is 6.58. The van der Waals surface area contributed by atoms with Gasteiger partial charge in [0, 0.05) is 49.5 Å². The normalized spacial score (nSPS) is 19.7. The van der Waals surface area contributed by atoms with E-state index in [1.165, 1.54) is 0 Å². The molecule has 19 heavy (non-hydrogen) atoms. The number of aryl methyl sites for hydroxylation is 1. The minimum Gasteiger partial charge on any atom is -0.297 e. The van der Waals surface area contributed by atoms with E-state index >= 15 is 0 Å². The van der Waals surface area contributed by atoms with Crippen LogP contribution in [0, 0.1) is 6.92 Å². The van der Waals surface area contributed by atoms with Crippen LogP contribution in [0.4, 0.5) is 0 Å². The molecule has 1 fully saturated rings. The van der Waals surface area contributed by atoms with Gasteiger partial charge in [0.15, 0.2) is 0 Å². The first kappa shape index (κ1) is 12.2. The van der Waals surface area contributed by atoms with Crippen LogP contribution in [0.1, 0.15) is 29.6 Å². The molecule has 1 atom stereocenters. The van der Waals surface area contributed by atoms with E-state index in [1.807, 2.05) is 25.4 Å². The van der Waals surface area contributed by atoms with Gasteiger partial charge in [0.1, 0.15) is 5.82 Å². The summed E-state index contributed by atoms with van der Waals surface area (Å²) in [5.74, 6) is 1.42. The second kappa shape index (κ2) is 5.40. The lowest BCUT2D eigenvalue weighted by atomic mass is 10.1. The van der Waals surface area contributed by atoms with Gasteiger partial charge in [-0.3, -0.25) is 14.9 Å². The highest BCUT2D eigenvalue weighted by atomic mass is 15.2. The maximum atomic E-state index is 4.53. The van der Waals surface area contributed by atoms with E-state index in [9.17, 15) is 0 Å². The van der Waals surface area contributed by atoms with Crippen molar-refractivity contribution in [1.82, 2.24) is 24.8 Å². The summed E-state index contributed by atoms with van der Waals surface area (Å²) in [7, 11) is 0. The lowest BCUT2D eigenvalue weighted by molar-refractivity contribution is 0.321. The molecule has 0 bridgehead atoms. The molecule has 3 heterocycles. The maximum Gasteiger partial charge on any atom is 0.132 e. The Labute approximate surface area is 112 Å². The molecule has 0 unspecified atom stereocenters. The van der Waals surface area contributed by atoms with Crippen LogP contribution in [0.3, 0.4) is 0 Å². The molecule has 0 amide bonds. The van der Waals surface area contributed by atoms with Gasteiger partial charge < -0.3 is 0 Å². The van der Waals surface area contributed by atoms with Crippen LogP contribution in [-0.4, -0.2) is 37.9 Å². The van der Waals surface area contributed by atoms with Gasteiger partial charge >= 0.3 is 0 Å². The van der Waals surface area contributed by atoms with E-state index in [0.29, 0.717) is 5.92 Å². The number of hydrogen-bond acceptors (Lipinski definition) is 5. The Balaban J connectivity index is 1.64. The van der Waals surface area contributed by atoms with Crippen molar-refractivity contribution in [2.45, 2.75) is 25.8 Å². The summed E-state index contributed by atoms with van der Waals surface area (Å²) >= 11 is 0. The molecule has 2 aromatic heterocycles. The standard InChI is InChI=1S/C14H17N5/c1-11-2-4-17-14(18-11)12-3-7-19(9-12)10-13-8-15-5-6-16-13/h2,4-6,8,12H,3,7,9-10H2,1H3/t12-/m1/s1. The number of nitrogens with zero attached hydrogens (tertiary/aromatic N) is 5. The van der Waals surface area contributed by atoms with E-state index in [2.05, 4.69) is 24.8 Å². The average Bonchev–Trinajstić information content (AvgIpc) is 2.88. The first-order chi connectivity index (χ1) is 9.31. The van der Waals surface area contributed by atoms with Gasteiger partial charge in [-0.2, -0.15) is 0 Å². The molecule has 1 aliphatic rings. The SMILES string of the molecule is Cc1ccnc([C@@H]2CCN(Cc3cnccn3)C2)n1. The Hall–Kier alpha value is -1.88. The average molecular weight is 255 g/mol. The third kappa shape index (κ3) is 2.93. The number of likely N-dealkylation sites (tertiary alicyclic amines) is 1. The molecule has 98 valence electrons. The summed E-state index contributed by atoms with van der Waals surface area (Å²) in [4.78, 5) is 19.7. The van der Waals surface area contributed by atoms with Crippen LogP contribution < -0.4 is 0 Å². The molecule has 2 aromatic rings. The van der Waals surface area contributed by atoms with E-state index in [1.54, 1.807) is 12.4 Å². The van der Waals surface area contributed by atoms with Crippen molar-refractivity contribution in [3.05, 3.63) is 48.1 Å². The van der Waals surface area contributed by atoms with Crippen molar-refractivity contribution >= 4 is 0 Å². The first-order valence-corrected chi connectivity index (χ1v) is 6.58. The van der Waals surface area contributed by atoms with Gasteiger partial charge in [0.25, 0.3) is 0 Å². The highest BCUT2D eigenvalue weighted by Gasteiger charge is 2.26. The van der Waals surface area contributed by atoms with Crippen molar-refractivity contribution < 1.29 is 0 Å². The van der Waals surface area contributed by atoms with Crippen LogP contribution in [0.15, 0.2) is 30.9 Å². The lowest BCUT2D eigenvalue weighted by Gasteiger charge is -2.14. The largest absolute Gasteiger partial charge is 0.297 e. The van der Waals surface area contributed by atoms with Crippen molar-refractivity contribution in [2.75, 3.05) is 13.1 Å². The zero-order chi connectivity index (χ0) is 13.1. The summed E-state index contributed by atoms with van der Waals surface area (Å²) < 4.78 is 0. The van der Waals surface area contributed by atoms with Crippen LogP contribution in [-0.2, 0) is 6.54 Å². The maximum absolute atomic E-state index is 4.53. The molecular weight excluding hydrogens is 238 g/mol. The summed E-state index contributed by atoms with van der Waals surface area (Å²) in [5, 5.41) is 0. The van der Waals surface area contributed by atoms with Crippen LogP contribution >= 0.6 is 0 Å². The van der Waals surface area contributed by atoms with Crippen LogP contribution in [0.25, 0.3) is 0 Å². The second-order valence-electron chi connectivity index (χ2n) is 4.97. The Bertz CT molecular complexity index is 543. The Kier molecular flexibility index (Phi) is 3.46. The zero-order valence-corrected chi connectivity index (χ0v) is 11.0. The molecule has 0 spiro atoms. The number of aromatic nitrogens is 4. The molecule has 0 aromatic carbocycles. The van der Waals surface area contributed by atoms with Gasteiger partial charge in [-0.15, -0.1) is 0 Å². The zero-order valence-electron chi connectivity index (χ0n) is 11.0. The molecule has 0 aliphatic carbocycles. The predicted molar refractivity (Wildman–Crippen MR) is 71.4 cm³/mol. The quantitative estimate of drug-likeness (QED) is 0.833. The van der Waals surface area contributed by atoms with Crippen molar-refractivity contribution in [3.8, 4) is 0 Å². The van der Waals surface area contributed by atoms with E-state index in [0.717, 1.165) is 43.3 Å². The molecule has 1 saturated heterocycles. The second-order valence-corrected chi connectivity index (χ2v) is 4.97. The minimum absolute atomic E-state index is 0.441. The van der Waals surface area contributed by atoms with Crippen molar-refractivity contribution in [3.63, 3.8) is 0 Å². The number of rotatable bonds is 3. The van der Waals surface area contributed by atoms with E-state index in [-0.39, 0.29) is 0 Å². The molecule has 3 rings (SSSR count). The van der Waals surface area contributed by atoms with E-state index < -0.39 is 0 Å². The monoisotopic (exact) mass is 255 g/mol. The summed E-state index contributed by atoms with van der Waals surface area (Å²) in [6, 6.07) is 1.94. The third-order valence-electron chi connectivity index (χ3n) is 3.45. The van der Waals surface area contributed by atoms with Gasteiger partial charge in [0.2, 0.25) is 0 Å². The lowest BCUT2D eigenvalue weighted by Crippen LogP contribution is -2.21. The van der Waals surface area contributed by atoms with Crippen molar-refractivity contribution in [1.29, 1.82) is 0 Å². The number of hydrogen-bond donors (Lipinski definition) is 0. The van der Waals surface area contributed by atoms with E-state index in [4.69, 9.17) is 0 Å². The van der Waals surface area contributed by atoms with Crippen LogP contribution in [0.2, 0.25) is 0 Å². The molecule has 1 aliphatic heterocycles. The summed E-state index contributed by atoms with van der Waals surface area (Å²) in [6.07, 6.45) is 8.24. The molecule has 0 saturated carbocycles. The molecule has 0 radical (unpaired) electrons. The molecule has 5 heteroatoms. The highest BCUT2D eigenvalue weighted by Crippen LogP contribution is 2.25. The van der Waals surface area contributed by atoms with Crippen LogP contribution in [0.5, 0.6) is 0 Å². The molecular formula is C14H17N5. The Morgan fingerprint density at radius 1 is 1.26 bits per heavy atom. The minimum atomic E-state index is 0.441. The van der Waals surface area contributed by atoms with Crippen molar-refractivity contribution in [2.24, 2.45) is 0 Å². The smallest absolute Gasteiger partial charge is 0.132 e. The topological polar surface area (TPSA) is 54.8 Å². The fourth-order valence-corrected chi connectivity index (χ4v) is 2.49. The molecule has 0 N–H and O–H groups in total. The van der Waals surface area contributed by atoms with Gasteiger partial charge in [-0.05, 0) is 26.0 Å². The highest BCUT2D eigenvalue weighted by molar-refractivity contribution is 5.07. The third-order valence-corrected chi connectivity index (χ3v) is 3.45.